The highest BCUT2D eigenvalue weighted by Crippen LogP contribution is 2.00. The van der Waals surface area contributed by atoms with Crippen molar-refractivity contribution in [2.75, 3.05) is 6.61 Å². The van der Waals surface area contributed by atoms with Crippen molar-refractivity contribution in [1.29, 1.82) is 0 Å². The Balaban J connectivity index is 2.61. The molecule has 1 rings (SSSR count). The van der Waals surface area contributed by atoms with Gasteiger partial charge in [-0.15, -0.1) is 5.10 Å². The molecule has 1 heterocycles. The second-order valence-corrected chi connectivity index (χ2v) is 2.96. The summed E-state index contributed by atoms with van der Waals surface area (Å²) in [6.07, 6.45) is -0.286. The Kier molecular flexibility index (Phi) is 3.91. The van der Waals surface area contributed by atoms with Crippen molar-refractivity contribution in [1.82, 2.24) is 10.2 Å². The topological polar surface area (TPSA) is 69.2 Å². The van der Waals surface area contributed by atoms with Gasteiger partial charge in [0, 0.05) is 0 Å². The summed E-state index contributed by atoms with van der Waals surface area (Å²) >= 11 is 0. The Morgan fingerprint density at radius 3 is 2.60 bits per heavy atom. The summed E-state index contributed by atoms with van der Waals surface area (Å²) < 4.78 is 4.65. The van der Waals surface area contributed by atoms with Crippen LogP contribution in [0.4, 0.5) is 0 Å². The zero-order valence-corrected chi connectivity index (χ0v) is 8.69. The van der Waals surface area contributed by atoms with Crippen LogP contribution in [0.25, 0.3) is 0 Å². The van der Waals surface area contributed by atoms with Crippen LogP contribution in [0.2, 0.25) is 0 Å². The van der Waals surface area contributed by atoms with Gasteiger partial charge in [0.2, 0.25) is 0 Å². The summed E-state index contributed by atoms with van der Waals surface area (Å²) in [5, 5.41) is 7.41. The molecule has 5 nitrogen and oxygen atoms in total. The van der Waals surface area contributed by atoms with E-state index in [0.29, 0.717) is 0 Å². The second kappa shape index (κ2) is 5.19. The second-order valence-electron chi connectivity index (χ2n) is 2.96. The predicted octanol–water partition coefficient (Wildman–Crippen LogP) is 0.921. The molecule has 1 aromatic heterocycles. The Morgan fingerprint density at radius 2 is 2.07 bits per heavy atom. The number of ketones is 1. The summed E-state index contributed by atoms with van der Waals surface area (Å²) in [4.78, 5) is 22.4. The van der Waals surface area contributed by atoms with Crippen molar-refractivity contribution in [2.45, 2.75) is 20.3 Å². The lowest BCUT2D eigenvalue weighted by atomic mass is 10.2. The first kappa shape index (κ1) is 11.3. The number of aryl methyl sites for hydroxylation is 1. The number of carbonyl (C=O) groups is 2. The number of hydrogen-bond donors (Lipinski definition) is 0. The normalized spacial score (nSPS) is 9.73. The molecule has 0 spiro atoms. The van der Waals surface area contributed by atoms with E-state index in [1.807, 2.05) is 0 Å². The molecule has 5 heteroatoms. The SMILES string of the molecule is CCOC(=O)CC(=O)c1ccc(C)nn1. The number of carbonyl (C=O) groups excluding carboxylic acids is 2. The first-order chi connectivity index (χ1) is 7.13. The Labute approximate surface area is 87.5 Å². The van der Waals surface area contributed by atoms with E-state index >= 15 is 0 Å². The van der Waals surface area contributed by atoms with Crippen molar-refractivity contribution < 1.29 is 14.3 Å². The zero-order valence-electron chi connectivity index (χ0n) is 8.69. The molecule has 0 aliphatic carbocycles. The van der Waals surface area contributed by atoms with Gasteiger partial charge in [-0.2, -0.15) is 5.10 Å². The van der Waals surface area contributed by atoms with Crippen LogP contribution in [0.15, 0.2) is 12.1 Å². The number of esters is 1. The van der Waals surface area contributed by atoms with Gasteiger partial charge >= 0.3 is 5.97 Å². The van der Waals surface area contributed by atoms with E-state index in [1.54, 1.807) is 26.0 Å². The minimum atomic E-state index is -0.537. The fourth-order valence-electron chi connectivity index (χ4n) is 0.981. The fourth-order valence-corrected chi connectivity index (χ4v) is 0.981. The maximum absolute atomic E-state index is 11.4. The van der Waals surface area contributed by atoms with Gasteiger partial charge < -0.3 is 4.74 Å². The molecule has 15 heavy (non-hydrogen) atoms. The Hall–Kier alpha value is -1.78. The molecule has 1 aromatic rings. The summed E-state index contributed by atoms with van der Waals surface area (Å²) in [5.41, 5.74) is 0.913. The summed E-state index contributed by atoms with van der Waals surface area (Å²) in [6, 6.07) is 3.22. The molecule has 0 aliphatic rings. The van der Waals surface area contributed by atoms with E-state index in [0.717, 1.165) is 5.69 Å². The van der Waals surface area contributed by atoms with Crippen molar-refractivity contribution >= 4 is 11.8 Å². The number of ether oxygens (including phenoxy) is 1. The summed E-state index contributed by atoms with van der Waals surface area (Å²) in [5.74, 6) is -0.911. The van der Waals surface area contributed by atoms with E-state index in [4.69, 9.17) is 0 Å². The third-order valence-electron chi connectivity index (χ3n) is 1.69. The van der Waals surface area contributed by atoms with Crippen LogP contribution in [0.5, 0.6) is 0 Å². The first-order valence-electron chi connectivity index (χ1n) is 4.62. The molecule has 0 bridgehead atoms. The van der Waals surface area contributed by atoms with Gasteiger partial charge in [0.25, 0.3) is 0 Å². The number of rotatable bonds is 4. The van der Waals surface area contributed by atoms with Gasteiger partial charge in [-0.25, -0.2) is 0 Å². The minimum Gasteiger partial charge on any atom is -0.466 e. The molecule has 0 saturated heterocycles. The van der Waals surface area contributed by atoms with Crippen LogP contribution >= 0.6 is 0 Å². The molecule has 0 radical (unpaired) electrons. The van der Waals surface area contributed by atoms with Crippen LogP contribution in [-0.4, -0.2) is 28.6 Å². The summed E-state index contributed by atoms with van der Waals surface area (Å²) in [7, 11) is 0. The molecule has 0 unspecified atom stereocenters. The molecular formula is C10H12N2O3. The van der Waals surface area contributed by atoms with E-state index < -0.39 is 5.97 Å². The Bertz CT molecular complexity index is 359. The molecule has 0 amide bonds. The van der Waals surface area contributed by atoms with Gasteiger partial charge in [-0.05, 0) is 26.0 Å². The molecule has 0 atom stereocenters. The molecule has 0 fully saturated rings. The van der Waals surface area contributed by atoms with Crippen molar-refractivity contribution in [3.05, 3.63) is 23.5 Å². The quantitative estimate of drug-likeness (QED) is 0.418. The lowest BCUT2D eigenvalue weighted by Gasteiger charge is -2.00. The first-order valence-corrected chi connectivity index (χ1v) is 4.62. The van der Waals surface area contributed by atoms with Crippen LogP contribution in [0, 0.1) is 6.92 Å². The minimum absolute atomic E-state index is 0.189. The lowest BCUT2D eigenvalue weighted by molar-refractivity contribution is -0.141. The van der Waals surface area contributed by atoms with E-state index in [1.165, 1.54) is 0 Å². The van der Waals surface area contributed by atoms with E-state index in [2.05, 4.69) is 14.9 Å². The number of hydrogen-bond acceptors (Lipinski definition) is 5. The van der Waals surface area contributed by atoms with E-state index in [-0.39, 0.29) is 24.5 Å². The van der Waals surface area contributed by atoms with Crippen LogP contribution in [0.3, 0.4) is 0 Å². The molecule has 0 aromatic carbocycles. The van der Waals surface area contributed by atoms with E-state index in [9.17, 15) is 9.59 Å². The highest BCUT2D eigenvalue weighted by Gasteiger charge is 2.13. The summed E-state index contributed by atoms with van der Waals surface area (Å²) in [6.45, 7) is 3.73. The standard InChI is InChI=1S/C10H12N2O3/c1-3-15-10(14)6-9(13)8-5-4-7(2)11-12-8/h4-5H,3,6H2,1-2H3. The van der Waals surface area contributed by atoms with Gasteiger partial charge in [-0.1, -0.05) is 0 Å². The number of Topliss-reactive ketones (excluding diaryl/α,β-unsaturated/α-hetero) is 1. The largest absolute Gasteiger partial charge is 0.466 e. The highest BCUT2D eigenvalue weighted by molar-refractivity contribution is 6.04. The van der Waals surface area contributed by atoms with Gasteiger partial charge in [0.05, 0.1) is 12.3 Å². The lowest BCUT2D eigenvalue weighted by Crippen LogP contribution is -2.13. The third kappa shape index (κ3) is 3.46. The molecule has 0 aliphatic heterocycles. The van der Waals surface area contributed by atoms with Crippen molar-refractivity contribution in [3.63, 3.8) is 0 Å². The van der Waals surface area contributed by atoms with Gasteiger partial charge in [0.1, 0.15) is 12.1 Å². The van der Waals surface area contributed by atoms with Crippen molar-refractivity contribution in [2.24, 2.45) is 0 Å². The van der Waals surface area contributed by atoms with Crippen LogP contribution < -0.4 is 0 Å². The third-order valence-corrected chi connectivity index (χ3v) is 1.69. The van der Waals surface area contributed by atoms with Gasteiger partial charge in [0.15, 0.2) is 5.78 Å². The van der Waals surface area contributed by atoms with Crippen LogP contribution in [-0.2, 0) is 9.53 Å². The van der Waals surface area contributed by atoms with Gasteiger partial charge in [-0.3, -0.25) is 9.59 Å². The molecule has 0 N–H and O–H groups in total. The highest BCUT2D eigenvalue weighted by atomic mass is 16.5. The monoisotopic (exact) mass is 208 g/mol. The van der Waals surface area contributed by atoms with Crippen molar-refractivity contribution in [3.8, 4) is 0 Å². The molecule has 0 saturated carbocycles. The average Bonchev–Trinajstić information content (AvgIpc) is 2.18. The Morgan fingerprint density at radius 1 is 1.33 bits per heavy atom. The maximum atomic E-state index is 11.4. The maximum Gasteiger partial charge on any atom is 0.313 e. The smallest absolute Gasteiger partial charge is 0.313 e. The fraction of sp³-hybridized carbons (Fsp3) is 0.400. The predicted molar refractivity (Wildman–Crippen MR) is 52.3 cm³/mol. The number of nitrogens with zero attached hydrogens (tertiary/aromatic N) is 2. The van der Waals surface area contributed by atoms with Crippen LogP contribution in [0.1, 0.15) is 29.5 Å². The zero-order chi connectivity index (χ0) is 11.3. The average molecular weight is 208 g/mol. The molecule has 80 valence electrons. The number of aromatic nitrogens is 2. The molecular weight excluding hydrogens is 196 g/mol.